The number of likely N-dealkylation sites (N-methyl/N-ethyl adjacent to an activating group) is 1. The number of amides is 1. The largest absolute Gasteiger partial charge is 0.480 e. The van der Waals surface area contributed by atoms with Gasteiger partial charge in [0, 0.05) is 12.6 Å². The molecule has 0 aliphatic carbocycles. The van der Waals surface area contributed by atoms with Gasteiger partial charge in [-0.3, -0.25) is 14.4 Å². The van der Waals surface area contributed by atoms with E-state index in [1.165, 1.54) is 19.1 Å². The number of ketones is 1. The molecule has 0 radical (unpaired) electrons. The van der Waals surface area contributed by atoms with Gasteiger partial charge in [-0.05, 0) is 37.6 Å². The molecule has 0 heterocycles. The highest BCUT2D eigenvalue weighted by Gasteiger charge is 2.14. The van der Waals surface area contributed by atoms with Gasteiger partial charge < -0.3 is 15.7 Å². The van der Waals surface area contributed by atoms with Gasteiger partial charge in [0.1, 0.15) is 6.04 Å². The Balaban J connectivity index is 2.53. The third kappa shape index (κ3) is 6.32. The van der Waals surface area contributed by atoms with Crippen molar-refractivity contribution in [2.24, 2.45) is 0 Å². The van der Waals surface area contributed by atoms with E-state index < -0.39 is 12.0 Å². The minimum atomic E-state index is -0.893. The monoisotopic (exact) mass is 304 g/mol. The minimum absolute atomic E-state index is 0.183. The fourth-order valence-electron chi connectivity index (χ4n) is 1.78. The van der Waals surface area contributed by atoms with E-state index in [9.17, 15) is 14.4 Å². The van der Waals surface area contributed by atoms with Gasteiger partial charge in [-0.2, -0.15) is 0 Å². The van der Waals surface area contributed by atoms with Gasteiger partial charge in [-0.15, -0.1) is 0 Å². The Hall–Kier alpha value is -2.47. The van der Waals surface area contributed by atoms with Crippen molar-refractivity contribution >= 4 is 17.7 Å². The molecule has 1 rings (SSSR count). The third-order valence-corrected chi connectivity index (χ3v) is 3.05. The summed E-state index contributed by atoms with van der Waals surface area (Å²) in [4.78, 5) is 33.1. The molecule has 0 saturated heterocycles. The molecule has 6 nitrogen and oxygen atoms in total. The molecule has 0 saturated carbocycles. The third-order valence-electron chi connectivity index (χ3n) is 3.05. The molecule has 3 N–H and O–H groups in total. The van der Waals surface area contributed by atoms with Crippen LogP contribution in [-0.2, 0) is 27.3 Å². The molecule has 1 amide bonds. The molecule has 22 heavy (non-hydrogen) atoms. The number of carbonyl (C=O) groups excluding carboxylic acids is 2. The predicted octanol–water partition coefficient (Wildman–Crippen LogP) is 0.663. The van der Waals surface area contributed by atoms with Crippen molar-refractivity contribution in [2.45, 2.75) is 25.9 Å². The van der Waals surface area contributed by atoms with Crippen LogP contribution >= 0.6 is 0 Å². The molecule has 1 aromatic carbocycles. The zero-order valence-corrected chi connectivity index (χ0v) is 12.6. The van der Waals surface area contributed by atoms with Crippen molar-refractivity contribution in [3.05, 3.63) is 47.5 Å². The predicted molar refractivity (Wildman–Crippen MR) is 82.3 cm³/mol. The van der Waals surface area contributed by atoms with E-state index in [2.05, 4.69) is 10.6 Å². The normalized spacial score (nSPS) is 12.1. The fourth-order valence-corrected chi connectivity index (χ4v) is 1.78. The first-order valence-corrected chi connectivity index (χ1v) is 6.86. The molecule has 6 heteroatoms. The van der Waals surface area contributed by atoms with Crippen LogP contribution in [-0.4, -0.2) is 35.9 Å². The van der Waals surface area contributed by atoms with Crippen LogP contribution in [0.25, 0.3) is 0 Å². The van der Waals surface area contributed by atoms with Gasteiger partial charge in [-0.25, -0.2) is 0 Å². The van der Waals surface area contributed by atoms with Gasteiger partial charge in [0.15, 0.2) is 5.78 Å². The maximum Gasteiger partial charge on any atom is 0.321 e. The van der Waals surface area contributed by atoms with Crippen LogP contribution in [0.2, 0.25) is 0 Å². The fraction of sp³-hybridized carbons (Fsp3) is 0.312. The summed E-state index contributed by atoms with van der Waals surface area (Å²) >= 11 is 0. The van der Waals surface area contributed by atoms with E-state index in [4.69, 9.17) is 5.11 Å². The number of carboxylic acid groups (broad SMARTS) is 1. The zero-order chi connectivity index (χ0) is 16.5. The van der Waals surface area contributed by atoms with Crippen LogP contribution in [0.3, 0.4) is 0 Å². The molecule has 0 spiro atoms. The number of benzene rings is 1. The van der Waals surface area contributed by atoms with Crippen LogP contribution in [0, 0.1) is 0 Å². The highest BCUT2D eigenvalue weighted by atomic mass is 16.4. The van der Waals surface area contributed by atoms with E-state index >= 15 is 0 Å². The van der Waals surface area contributed by atoms with Gasteiger partial charge in [0.2, 0.25) is 5.91 Å². The maximum absolute atomic E-state index is 11.4. The van der Waals surface area contributed by atoms with Crippen molar-refractivity contribution in [3.8, 4) is 0 Å². The summed E-state index contributed by atoms with van der Waals surface area (Å²) in [7, 11) is 1.61. The molecule has 0 aliphatic heterocycles. The summed E-state index contributed by atoms with van der Waals surface area (Å²) < 4.78 is 0. The maximum atomic E-state index is 11.4. The summed E-state index contributed by atoms with van der Waals surface area (Å²) in [5.74, 6) is -1.41. The Morgan fingerprint density at radius 1 is 1.14 bits per heavy atom. The van der Waals surface area contributed by atoms with Crippen molar-refractivity contribution in [1.82, 2.24) is 10.6 Å². The van der Waals surface area contributed by atoms with E-state index in [1.54, 1.807) is 7.05 Å². The quantitative estimate of drug-likeness (QED) is 0.613. The molecular formula is C16H20N2O4. The molecule has 1 aromatic rings. The van der Waals surface area contributed by atoms with Gasteiger partial charge in [-0.1, -0.05) is 24.3 Å². The lowest BCUT2D eigenvalue weighted by Crippen LogP contribution is -2.35. The number of rotatable bonds is 8. The number of allylic oxidation sites excluding steroid dienone is 1. The number of carbonyl (C=O) groups is 3. The van der Waals surface area contributed by atoms with Crippen molar-refractivity contribution in [3.63, 3.8) is 0 Å². The molecule has 0 unspecified atom stereocenters. The highest BCUT2D eigenvalue weighted by molar-refractivity contribution is 5.96. The summed E-state index contributed by atoms with van der Waals surface area (Å²) in [6, 6.07) is 6.71. The van der Waals surface area contributed by atoms with Crippen LogP contribution in [0.15, 0.2) is 36.4 Å². The number of aliphatic carboxylic acids is 1. The van der Waals surface area contributed by atoms with E-state index in [-0.39, 0.29) is 11.7 Å². The number of nitrogens with one attached hydrogen (secondary N) is 2. The zero-order valence-electron chi connectivity index (χ0n) is 12.6. The second-order valence-electron chi connectivity index (χ2n) is 4.86. The average Bonchev–Trinajstić information content (AvgIpc) is 2.49. The molecule has 0 aromatic heterocycles. The van der Waals surface area contributed by atoms with Gasteiger partial charge >= 0.3 is 5.97 Å². The smallest absolute Gasteiger partial charge is 0.321 e. The minimum Gasteiger partial charge on any atom is -0.480 e. The lowest BCUT2D eigenvalue weighted by molar-refractivity contribution is -0.139. The van der Waals surface area contributed by atoms with Gasteiger partial charge in [0.05, 0.1) is 0 Å². The second-order valence-corrected chi connectivity index (χ2v) is 4.86. The average molecular weight is 304 g/mol. The second kappa shape index (κ2) is 8.74. The van der Waals surface area contributed by atoms with E-state index in [1.807, 2.05) is 24.3 Å². The summed E-state index contributed by atoms with van der Waals surface area (Å²) in [5, 5.41) is 14.4. The molecule has 1 atom stereocenters. The van der Waals surface area contributed by atoms with Crippen LogP contribution < -0.4 is 10.6 Å². The molecule has 0 bridgehead atoms. The Morgan fingerprint density at radius 2 is 1.73 bits per heavy atom. The first kappa shape index (κ1) is 17.6. The van der Waals surface area contributed by atoms with Crippen LogP contribution in [0.4, 0.5) is 0 Å². The Labute approximate surface area is 129 Å². The van der Waals surface area contributed by atoms with Crippen molar-refractivity contribution in [2.75, 3.05) is 7.05 Å². The Kier molecular flexibility index (Phi) is 6.98. The Bertz CT molecular complexity index is 564. The first-order valence-electron chi connectivity index (χ1n) is 6.86. The van der Waals surface area contributed by atoms with E-state index in [0.29, 0.717) is 13.0 Å². The lowest BCUT2D eigenvalue weighted by atomic mass is 10.0. The highest BCUT2D eigenvalue weighted by Crippen LogP contribution is 2.07. The molecule has 0 aliphatic rings. The standard InChI is InChI=1S/C16H20N2O4/c1-11(19)3-8-15(20)18-10-13-6-4-12(5-7-13)9-14(17-2)16(21)22/h3-8,14,17H,9-10H2,1-2H3,(H,18,20)(H,21,22)/b8-3+/t14-/m1/s1. The summed E-state index contributed by atoms with van der Waals surface area (Å²) in [6.07, 6.45) is 2.79. The number of hydrogen-bond donors (Lipinski definition) is 3. The topological polar surface area (TPSA) is 95.5 Å². The van der Waals surface area contributed by atoms with Crippen LogP contribution in [0.5, 0.6) is 0 Å². The number of hydrogen-bond acceptors (Lipinski definition) is 4. The van der Waals surface area contributed by atoms with Gasteiger partial charge in [0.25, 0.3) is 0 Å². The summed E-state index contributed by atoms with van der Waals surface area (Å²) in [6.45, 7) is 1.72. The van der Waals surface area contributed by atoms with Crippen molar-refractivity contribution in [1.29, 1.82) is 0 Å². The number of carboxylic acids is 1. The van der Waals surface area contributed by atoms with Crippen molar-refractivity contribution < 1.29 is 19.5 Å². The van der Waals surface area contributed by atoms with E-state index in [0.717, 1.165) is 11.1 Å². The molecular weight excluding hydrogens is 284 g/mol. The first-order chi connectivity index (χ1) is 10.4. The molecule has 0 fully saturated rings. The molecule has 118 valence electrons. The SMILES string of the molecule is CN[C@H](Cc1ccc(CNC(=O)/C=C/C(C)=O)cc1)C(=O)O. The Morgan fingerprint density at radius 3 is 2.23 bits per heavy atom. The lowest BCUT2D eigenvalue weighted by Gasteiger charge is -2.11. The van der Waals surface area contributed by atoms with Crippen LogP contribution in [0.1, 0.15) is 18.1 Å². The summed E-state index contributed by atoms with van der Waals surface area (Å²) in [5.41, 5.74) is 1.79.